The Bertz CT molecular complexity index is 191. The number of nitrogens with one attached hydrogen (secondary N) is 1. The number of rotatable bonds is 7. The van der Waals surface area contributed by atoms with Gasteiger partial charge in [0.1, 0.15) is 0 Å². The van der Waals surface area contributed by atoms with E-state index in [1.165, 1.54) is 19.3 Å². The molecule has 0 spiro atoms. The Kier molecular flexibility index (Phi) is 7.17. The third-order valence-electron chi connectivity index (χ3n) is 3.00. The lowest BCUT2D eigenvalue weighted by Gasteiger charge is -2.26. The van der Waals surface area contributed by atoms with E-state index >= 15 is 0 Å². The van der Waals surface area contributed by atoms with E-state index in [1.54, 1.807) is 0 Å². The summed E-state index contributed by atoms with van der Waals surface area (Å²) in [6.45, 7) is 2.79. The molecule has 0 aromatic carbocycles. The summed E-state index contributed by atoms with van der Waals surface area (Å²) in [5.74, 6) is 0.176. The fourth-order valence-electron chi connectivity index (χ4n) is 2.02. The van der Waals surface area contributed by atoms with E-state index < -0.39 is 0 Å². The molecule has 0 radical (unpaired) electrons. The van der Waals surface area contributed by atoms with Crippen molar-refractivity contribution in [3.05, 3.63) is 0 Å². The molecular formula is C12H25N3O. The molecule has 1 fully saturated rings. The number of nitrogens with zero attached hydrogens (tertiary/aromatic N) is 1. The Labute approximate surface area is 98.5 Å². The molecule has 0 unspecified atom stereocenters. The predicted molar refractivity (Wildman–Crippen MR) is 65.7 cm³/mol. The molecule has 1 rings (SSSR count). The molecule has 4 nitrogen and oxygen atoms in total. The van der Waals surface area contributed by atoms with Crippen LogP contribution in [-0.2, 0) is 4.79 Å². The summed E-state index contributed by atoms with van der Waals surface area (Å²) in [6, 6.07) is 0. The zero-order chi connectivity index (χ0) is 11.6. The van der Waals surface area contributed by atoms with E-state index in [9.17, 15) is 4.79 Å². The Balaban J connectivity index is 1.97. The third kappa shape index (κ3) is 6.08. The molecule has 1 aliphatic rings. The first-order chi connectivity index (χ1) is 7.83. The Morgan fingerprint density at radius 2 is 1.75 bits per heavy atom. The van der Waals surface area contributed by atoms with Gasteiger partial charge in [-0.05, 0) is 32.2 Å². The summed E-state index contributed by atoms with van der Waals surface area (Å²) in [7, 11) is 0. The highest BCUT2D eigenvalue weighted by molar-refractivity contribution is 5.75. The number of hydrogen-bond acceptors (Lipinski definition) is 3. The normalized spacial score (nSPS) is 17.3. The van der Waals surface area contributed by atoms with Crippen molar-refractivity contribution in [1.29, 1.82) is 0 Å². The Morgan fingerprint density at radius 3 is 2.44 bits per heavy atom. The van der Waals surface area contributed by atoms with Crippen LogP contribution in [0.15, 0.2) is 0 Å². The molecule has 16 heavy (non-hydrogen) atoms. The van der Waals surface area contributed by atoms with Crippen molar-refractivity contribution in [2.45, 2.75) is 51.4 Å². The Hall–Kier alpha value is -0.610. The number of carbonyl (C=O) groups excluding carboxylic acids is 1. The van der Waals surface area contributed by atoms with Crippen molar-refractivity contribution in [2.24, 2.45) is 5.73 Å². The van der Waals surface area contributed by atoms with Crippen molar-refractivity contribution in [3.63, 3.8) is 0 Å². The van der Waals surface area contributed by atoms with Crippen LogP contribution in [-0.4, -0.2) is 30.6 Å². The number of unbranched alkanes of at least 4 members (excludes halogenated alkanes) is 3. The summed E-state index contributed by atoms with van der Waals surface area (Å²) < 4.78 is 0. The summed E-state index contributed by atoms with van der Waals surface area (Å²) in [4.78, 5) is 11.6. The maximum absolute atomic E-state index is 11.6. The first-order valence-corrected chi connectivity index (χ1v) is 6.57. The molecule has 94 valence electrons. The fraction of sp³-hybridized carbons (Fsp3) is 0.917. The molecule has 4 heteroatoms. The van der Waals surface area contributed by atoms with E-state index in [4.69, 9.17) is 5.73 Å². The van der Waals surface area contributed by atoms with Crippen molar-refractivity contribution in [1.82, 2.24) is 10.4 Å². The van der Waals surface area contributed by atoms with Crippen LogP contribution in [0.3, 0.4) is 0 Å². The first kappa shape index (κ1) is 13.5. The molecule has 1 aliphatic heterocycles. The predicted octanol–water partition coefficient (Wildman–Crippen LogP) is 1.41. The van der Waals surface area contributed by atoms with Gasteiger partial charge in [-0.2, -0.15) is 0 Å². The number of carbonyl (C=O) groups is 1. The van der Waals surface area contributed by atoms with Gasteiger partial charge in [-0.1, -0.05) is 19.3 Å². The minimum absolute atomic E-state index is 0.176. The van der Waals surface area contributed by atoms with E-state index in [2.05, 4.69) is 10.4 Å². The van der Waals surface area contributed by atoms with E-state index in [-0.39, 0.29) is 5.91 Å². The SMILES string of the molecule is NCCCCCCC(=O)NN1CCCCC1. The topological polar surface area (TPSA) is 58.4 Å². The summed E-state index contributed by atoms with van der Waals surface area (Å²) >= 11 is 0. The minimum atomic E-state index is 0.176. The van der Waals surface area contributed by atoms with Gasteiger partial charge in [0.2, 0.25) is 5.91 Å². The van der Waals surface area contributed by atoms with Crippen LogP contribution in [0.2, 0.25) is 0 Å². The zero-order valence-corrected chi connectivity index (χ0v) is 10.2. The van der Waals surface area contributed by atoms with Gasteiger partial charge in [-0.3, -0.25) is 10.2 Å². The second kappa shape index (κ2) is 8.53. The zero-order valence-electron chi connectivity index (χ0n) is 10.2. The third-order valence-corrected chi connectivity index (χ3v) is 3.00. The number of amides is 1. The molecule has 1 saturated heterocycles. The van der Waals surface area contributed by atoms with Crippen LogP contribution in [0.4, 0.5) is 0 Å². The van der Waals surface area contributed by atoms with Gasteiger partial charge in [-0.15, -0.1) is 0 Å². The molecule has 1 heterocycles. The molecule has 0 aromatic heterocycles. The van der Waals surface area contributed by atoms with Gasteiger partial charge in [0, 0.05) is 19.5 Å². The van der Waals surface area contributed by atoms with Gasteiger partial charge in [-0.25, -0.2) is 5.01 Å². The highest BCUT2D eigenvalue weighted by atomic mass is 16.2. The molecule has 0 atom stereocenters. The summed E-state index contributed by atoms with van der Waals surface area (Å²) in [6.07, 6.45) is 8.69. The Morgan fingerprint density at radius 1 is 1.06 bits per heavy atom. The maximum atomic E-state index is 11.6. The second-order valence-corrected chi connectivity index (χ2v) is 4.54. The van der Waals surface area contributed by atoms with Gasteiger partial charge in [0.25, 0.3) is 0 Å². The standard InChI is InChI=1S/C12H25N3O/c13-9-5-2-1-4-8-12(16)14-15-10-6-3-7-11-15/h1-11,13H2,(H,14,16). The number of hydrazine groups is 1. The van der Waals surface area contributed by atoms with Crippen molar-refractivity contribution < 1.29 is 4.79 Å². The van der Waals surface area contributed by atoms with E-state index in [1.807, 2.05) is 0 Å². The van der Waals surface area contributed by atoms with Crippen LogP contribution < -0.4 is 11.2 Å². The average molecular weight is 227 g/mol. The second-order valence-electron chi connectivity index (χ2n) is 4.54. The van der Waals surface area contributed by atoms with Crippen molar-refractivity contribution in [2.75, 3.05) is 19.6 Å². The van der Waals surface area contributed by atoms with Gasteiger partial charge in [0.05, 0.1) is 0 Å². The van der Waals surface area contributed by atoms with Gasteiger partial charge in [0.15, 0.2) is 0 Å². The maximum Gasteiger partial charge on any atom is 0.234 e. The molecule has 0 bridgehead atoms. The monoisotopic (exact) mass is 227 g/mol. The summed E-state index contributed by atoms with van der Waals surface area (Å²) in [5.41, 5.74) is 8.39. The summed E-state index contributed by atoms with van der Waals surface area (Å²) in [5, 5.41) is 2.06. The first-order valence-electron chi connectivity index (χ1n) is 6.57. The smallest absolute Gasteiger partial charge is 0.234 e. The molecular weight excluding hydrogens is 202 g/mol. The highest BCUT2D eigenvalue weighted by Crippen LogP contribution is 2.07. The number of nitrogens with two attached hydrogens (primary N) is 1. The molecule has 1 amide bonds. The number of piperidine rings is 1. The largest absolute Gasteiger partial charge is 0.330 e. The molecule has 3 N–H and O–H groups in total. The van der Waals surface area contributed by atoms with Gasteiger partial charge >= 0.3 is 0 Å². The fourth-order valence-corrected chi connectivity index (χ4v) is 2.02. The lowest BCUT2D eigenvalue weighted by atomic mass is 10.1. The van der Waals surface area contributed by atoms with Crippen molar-refractivity contribution >= 4 is 5.91 Å². The quantitative estimate of drug-likeness (QED) is 0.647. The van der Waals surface area contributed by atoms with Crippen molar-refractivity contribution in [3.8, 4) is 0 Å². The van der Waals surface area contributed by atoms with Crippen LogP contribution in [0.25, 0.3) is 0 Å². The van der Waals surface area contributed by atoms with Crippen LogP contribution >= 0.6 is 0 Å². The molecule has 0 aliphatic carbocycles. The van der Waals surface area contributed by atoms with E-state index in [0.29, 0.717) is 6.42 Å². The molecule has 0 aromatic rings. The lowest BCUT2D eigenvalue weighted by Crippen LogP contribution is -2.44. The minimum Gasteiger partial charge on any atom is -0.330 e. The molecule has 0 saturated carbocycles. The highest BCUT2D eigenvalue weighted by Gasteiger charge is 2.11. The van der Waals surface area contributed by atoms with Gasteiger partial charge < -0.3 is 5.73 Å². The van der Waals surface area contributed by atoms with Crippen LogP contribution in [0, 0.1) is 0 Å². The lowest BCUT2D eigenvalue weighted by molar-refractivity contribution is -0.126. The van der Waals surface area contributed by atoms with Crippen LogP contribution in [0.5, 0.6) is 0 Å². The number of hydrogen-bond donors (Lipinski definition) is 2. The average Bonchev–Trinajstić information content (AvgIpc) is 2.30. The van der Waals surface area contributed by atoms with Crippen LogP contribution in [0.1, 0.15) is 51.4 Å². The van der Waals surface area contributed by atoms with E-state index in [0.717, 1.165) is 45.3 Å².